The summed E-state index contributed by atoms with van der Waals surface area (Å²) in [6, 6.07) is 6.96. The Labute approximate surface area is 103 Å². The predicted molar refractivity (Wildman–Crippen MR) is 71.1 cm³/mol. The molecular formula is C11H19N3O2S. The molecule has 0 bridgehead atoms. The number of nitrogens with one attached hydrogen (secondary N) is 1. The van der Waals surface area contributed by atoms with Crippen molar-refractivity contribution in [1.29, 1.82) is 0 Å². The summed E-state index contributed by atoms with van der Waals surface area (Å²) in [5.41, 5.74) is 6.79. The average Bonchev–Trinajstić information content (AvgIpc) is 2.27. The molecule has 1 rings (SSSR count). The van der Waals surface area contributed by atoms with Crippen LogP contribution >= 0.6 is 0 Å². The van der Waals surface area contributed by atoms with Crippen molar-refractivity contribution in [2.24, 2.45) is 0 Å². The van der Waals surface area contributed by atoms with Gasteiger partial charge in [-0.15, -0.1) is 0 Å². The molecule has 0 unspecified atom stereocenters. The van der Waals surface area contributed by atoms with E-state index < -0.39 is 10.2 Å². The second kappa shape index (κ2) is 5.88. The quantitative estimate of drug-likeness (QED) is 0.755. The average molecular weight is 257 g/mol. The Hall–Kier alpha value is -1.27. The Bertz CT molecular complexity index is 460. The smallest absolute Gasteiger partial charge is 0.301 e. The van der Waals surface area contributed by atoms with Crippen molar-refractivity contribution < 1.29 is 8.42 Å². The zero-order chi connectivity index (χ0) is 12.9. The van der Waals surface area contributed by atoms with Crippen LogP contribution in [0.25, 0.3) is 0 Å². The maximum atomic E-state index is 12.0. The number of para-hydroxylation sites is 2. The molecular weight excluding hydrogens is 238 g/mol. The number of benzene rings is 1. The molecule has 0 radical (unpaired) electrons. The Kier molecular flexibility index (Phi) is 4.77. The highest BCUT2D eigenvalue weighted by Gasteiger charge is 2.21. The molecule has 6 heteroatoms. The summed E-state index contributed by atoms with van der Waals surface area (Å²) in [6.07, 6.45) is 0.721. The summed E-state index contributed by atoms with van der Waals surface area (Å²) in [4.78, 5) is 0. The summed E-state index contributed by atoms with van der Waals surface area (Å²) in [5, 5.41) is 0. The normalized spacial score (nSPS) is 11.4. The monoisotopic (exact) mass is 257 g/mol. The first-order chi connectivity index (χ1) is 8.03. The van der Waals surface area contributed by atoms with Gasteiger partial charge in [0, 0.05) is 13.1 Å². The van der Waals surface area contributed by atoms with E-state index in [0.717, 1.165) is 6.42 Å². The van der Waals surface area contributed by atoms with Gasteiger partial charge in [0.2, 0.25) is 0 Å². The largest absolute Gasteiger partial charge is 0.397 e. The first-order valence-electron chi connectivity index (χ1n) is 5.64. The number of hydrogen-bond donors (Lipinski definition) is 2. The summed E-state index contributed by atoms with van der Waals surface area (Å²) in [6.45, 7) is 4.43. The lowest BCUT2D eigenvalue weighted by Gasteiger charge is -2.25. The van der Waals surface area contributed by atoms with Crippen LogP contribution < -0.4 is 14.8 Å². The predicted octanol–water partition coefficient (Wildman–Crippen LogP) is 1.34. The van der Waals surface area contributed by atoms with E-state index in [-0.39, 0.29) is 0 Å². The first kappa shape index (κ1) is 13.8. The van der Waals surface area contributed by atoms with Crippen LogP contribution in [-0.2, 0) is 10.2 Å². The standard InChI is InChI=1S/C11H19N3O2S/c1-3-9-14(17(15,16)13-4-2)11-8-6-5-7-10(11)12/h5-8,13H,3-4,9,12H2,1-2H3. The van der Waals surface area contributed by atoms with Crippen LogP contribution in [0.1, 0.15) is 20.3 Å². The van der Waals surface area contributed by atoms with E-state index >= 15 is 0 Å². The number of nitrogen functional groups attached to an aromatic ring is 1. The molecule has 0 aromatic heterocycles. The molecule has 0 saturated carbocycles. The third-order valence-electron chi connectivity index (χ3n) is 2.25. The van der Waals surface area contributed by atoms with Crippen LogP contribution in [0.2, 0.25) is 0 Å². The van der Waals surface area contributed by atoms with Gasteiger partial charge in [0.1, 0.15) is 0 Å². The lowest BCUT2D eigenvalue weighted by Crippen LogP contribution is -2.41. The fraction of sp³-hybridized carbons (Fsp3) is 0.455. The minimum Gasteiger partial charge on any atom is -0.397 e. The molecule has 96 valence electrons. The van der Waals surface area contributed by atoms with Gasteiger partial charge in [-0.05, 0) is 18.6 Å². The number of anilines is 2. The molecule has 0 spiro atoms. The van der Waals surface area contributed by atoms with Crippen molar-refractivity contribution in [3.05, 3.63) is 24.3 Å². The molecule has 5 nitrogen and oxygen atoms in total. The van der Waals surface area contributed by atoms with Gasteiger partial charge in [-0.25, -0.2) is 0 Å². The van der Waals surface area contributed by atoms with Gasteiger partial charge in [-0.3, -0.25) is 4.31 Å². The van der Waals surface area contributed by atoms with Crippen LogP contribution in [0.5, 0.6) is 0 Å². The lowest BCUT2D eigenvalue weighted by molar-refractivity contribution is 0.578. The van der Waals surface area contributed by atoms with E-state index in [1.54, 1.807) is 31.2 Å². The minimum atomic E-state index is -3.51. The van der Waals surface area contributed by atoms with Crippen molar-refractivity contribution in [1.82, 2.24) is 4.72 Å². The second-order valence-corrected chi connectivity index (χ2v) is 5.31. The molecule has 17 heavy (non-hydrogen) atoms. The van der Waals surface area contributed by atoms with Crippen molar-refractivity contribution in [2.75, 3.05) is 23.1 Å². The summed E-state index contributed by atoms with van der Waals surface area (Å²) in [5.74, 6) is 0. The Balaban J connectivity index is 3.14. The van der Waals surface area contributed by atoms with E-state index in [1.165, 1.54) is 4.31 Å². The van der Waals surface area contributed by atoms with Crippen molar-refractivity contribution in [2.45, 2.75) is 20.3 Å². The van der Waals surface area contributed by atoms with Gasteiger partial charge < -0.3 is 5.73 Å². The van der Waals surface area contributed by atoms with E-state index in [2.05, 4.69) is 4.72 Å². The Morgan fingerprint density at radius 1 is 1.29 bits per heavy atom. The molecule has 3 N–H and O–H groups in total. The van der Waals surface area contributed by atoms with Gasteiger partial charge in [-0.1, -0.05) is 26.0 Å². The maximum absolute atomic E-state index is 12.0. The zero-order valence-electron chi connectivity index (χ0n) is 10.2. The van der Waals surface area contributed by atoms with E-state index in [4.69, 9.17) is 5.73 Å². The molecule has 1 aromatic rings. The van der Waals surface area contributed by atoms with Crippen LogP contribution in [0.3, 0.4) is 0 Å². The van der Waals surface area contributed by atoms with Crippen LogP contribution in [0, 0.1) is 0 Å². The molecule has 0 saturated heterocycles. The number of nitrogens with zero attached hydrogens (tertiary/aromatic N) is 1. The number of hydrogen-bond acceptors (Lipinski definition) is 3. The van der Waals surface area contributed by atoms with Crippen molar-refractivity contribution >= 4 is 21.6 Å². The SMILES string of the molecule is CCCN(c1ccccc1N)S(=O)(=O)NCC. The van der Waals surface area contributed by atoms with Gasteiger partial charge in [0.15, 0.2) is 0 Å². The molecule has 0 aliphatic rings. The second-order valence-electron chi connectivity index (χ2n) is 3.63. The molecule has 0 amide bonds. The Morgan fingerprint density at radius 2 is 1.94 bits per heavy atom. The van der Waals surface area contributed by atoms with Crippen LogP contribution in [0.15, 0.2) is 24.3 Å². The fourth-order valence-corrected chi connectivity index (χ4v) is 2.92. The van der Waals surface area contributed by atoms with Gasteiger partial charge in [-0.2, -0.15) is 13.1 Å². The molecule has 0 aliphatic carbocycles. The van der Waals surface area contributed by atoms with Gasteiger partial charge >= 0.3 is 10.2 Å². The molecule has 0 aliphatic heterocycles. The molecule has 1 aromatic carbocycles. The first-order valence-corrected chi connectivity index (χ1v) is 7.08. The lowest BCUT2D eigenvalue weighted by atomic mass is 10.2. The van der Waals surface area contributed by atoms with Crippen molar-refractivity contribution in [3.63, 3.8) is 0 Å². The van der Waals surface area contributed by atoms with Crippen molar-refractivity contribution in [3.8, 4) is 0 Å². The maximum Gasteiger partial charge on any atom is 0.301 e. The van der Waals surface area contributed by atoms with Gasteiger partial charge in [0.25, 0.3) is 0 Å². The molecule has 0 heterocycles. The van der Waals surface area contributed by atoms with Crippen LogP contribution in [-0.4, -0.2) is 21.5 Å². The zero-order valence-corrected chi connectivity index (χ0v) is 11.0. The van der Waals surface area contributed by atoms with Crippen LogP contribution in [0.4, 0.5) is 11.4 Å². The third-order valence-corrected chi connectivity index (χ3v) is 3.86. The summed E-state index contributed by atoms with van der Waals surface area (Å²) >= 11 is 0. The highest BCUT2D eigenvalue weighted by Crippen LogP contribution is 2.24. The molecule has 0 atom stereocenters. The van der Waals surface area contributed by atoms with E-state index in [0.29, 0.717) is 24.5 Å². The molecule has 0 fully saturated rings. The Morgan fingerprint density at radius 3 is 2.47 bits per heavy atom. The third kappa shape index (κ3) is 3.34. The van der Waals surface area contributed by atoms with E-state index in [1.807, 2.05) is 6.92 Å². The minimum absolute atomic E-state index is 0.356. The summed E-state index contributed by atoms with van der Waals surface area (Å²) < 4.78 is 27.9. The fourth-order valence-electron chi connectivity index (χ4n) is 1.55. The highest BCUT2D eigenvalue weighted by atomic mass is 32.2. The van der Waals surface area contributed by atoms with Gasteiger partial charge in [0.05, 0.1) is 11.4 Å². The highest BCUT2D eigenvalue weighted by molar-refractivity contribution is 7.90. The number of rotatable bonds is 6. The topological polar surface area (TPSA) is 75.4 Å². The number of nitrogens with two attached hydrogens (primary N) is 1. The van der Waals surface area contributed by atoms with E-state index in [9.17, 15) is 8.42 Å². The summed E-state index contributed by atoms with van der Waals surface area (Å²) in [7, 11) is -3.51.